The van der Waals surface area contributed by atoms with Gasteiger partial charge in [0.25, 0.3) is 0 Å². The largest absolute Gasteiger partial charge is 0.338 e. The Labute approximate surface area is 68.5 Å². The second-order valence-electron chi connectivity index (χ2n) is 1.96. The van der Waals surface area contributed by atoms with Crippen molar-refractivity contribution < 1.29 is 9.59 Å². The normalized spacial score (nSPS) is 21.8. The van der Waals surface area contributed by atoms with Crippen LogP contribution in [0.2, 0.25) is 0 Å². The molecule has 1 aliphatic heterocycles. The van der Waals surface area contributed by atoms with Crippen LogP contribution in [0.1, 0.15) is 0 Å². The SMILES string of the molecule is C=CC(=O)NC1C=CSC1=O. The summed E-state index contributed by atoms with van der Waals surface area (Å²) in [5.74, 6) is -0.324. The van der Waals surface area contributed by atoms with Crippen LogP contribution >= 0.6 is 11.8 Å². The van der Waals surface area contributed by atoms with Crippen molar-refractivity contribution >= 4 is 22.8 Å². The van der Waals surface area contributed by atoms with Crippen molar-refractivity contribution in [2.75, 3.05) is 0 Å². The summed E-state index contributed by atoms with van der Waals surface area (Å²) in [4.78, 5) is 21.6. The van der Waals surface area contributed by atoms with Gasteiger partial charge in [0.05, 0.1) is 0 Å². The number of thioether (sulfide) groups is 1. The minimum atomic E-state index is -0.467. The molecule has 1 heterocycles. The highest BCUT2D eigenvalue weighted by Crippen LogP contribution is 2.16. The van der Waals surface area contributed by atoms with Gasteiger partial charge < -0.3 is 5.32 Å². The van der Waals surface area contributed by atoms with E-state index in [2.05, 4.69) is 11.9 Å². The summed E-state index contributed by atoms with van der Waals surface area (Å²) in [6.45, 7) is 3.27. The molecule has 3 nitrogen and oxygen atoms in total. The van der Waals surface area contributed by atoms with E-state index in [9.17, 15) is 9.59 Å². The van der Waals surface area contributed by atoms with Crippen molar-refractivity contribution in [3.63, 3.8) is 0 Å². The van der Waals surface area contributed by atoms with E-state index in [1.165, 1.54) is 0 Å². The lowest BCUT2D eigenvalue weighted by atomic mass is 10.3. The van der Waals surface area contributed by atoms with E-state index in [4.69, 9.17) is 0 Å². The van der Waals surface area contributed by atoms with Crippen LogP contribution in [0.5, 0.6) is 0 Å². The lowest BCUT2D eigenvalue weighted by Crippen LogP contribution is -2.35. The molecule has 0 radical (unpaired) electrons. The maximum absolute atomic E-state index is 10.9. The van der Waals surface area contributed by atoms with Crippen LogP contribution < -0.4 is 5.32 Å². The molecule has 0 aliphatic carbocycles. The molecule has 11 heavy (non-hydrogen) atoms. The molecule has 58 valence electrons. The van der Waals surface area contributed by atoms with Crippen molar-refractivity contribution in [1.82, 2.24) is 5.32 Å². The van der Waals surface area contributed by atoms with Crippen LogP contribution in [0, 0.1) is 0 Å². The van der Waals surface area contributed by atoms with Crippen LogP contribution in [0.25, 0.3) is 0 Å². The zero-order valence-corrected chi connectivity index (χ0v) is 6.56. The van der Waals surface area contributed by atoms with Gasteiger partial charge in [-0.25, -0.2) is 0 Å². The summed E-state index contributed by atoms with van der Waals surface area (Å²) >= 11 is 1.09. The van der Waals surface area contributed by atoms with E-state index >= 15 is 0 Å². The third-order valence-corrected chi connectivity index (χ3v) is 1.97. The molecule has 0 bridgehead atoms. The molecule has 0 aromatic heterocycles. The fourth-order valence-electron chi connectivity index (χ4n) is 0.656. The molecule has 1 aliphatic rings. The minimum Gasteiger partial charge on any atom is -0.338 e. The topological polar surface area (TPSA) is 46.2 Å². The Kier molecular flexibility index (Phi) is 2.48. The molecule has 0 aromatic rings. The van der Waals surface area contributed by atoms with E-state index in [0.29, 0.717) is 0 Å². The van der Waals surface area contributed by atoms with Gasteiger partial charge in [-0.05, 0) is 17.6 Å². The quantitative estimate of drug-likeness (QED) is 0.610. The maximum Gasteiger partial charge on any atom is 0.244 e. The number of hydrogen-bond acceptors (Lipinski definition) is 3. The Morgan fingerprint density at radius 2 is 2.55 bits per heavy atom. The van der Waals surface area contributed by atoms with Crippen LogP contribution in [0.15, 0.2) is 24.1 Å². The summed E-state index contributed by atoms with van der Waals surface area (Å²) < 4.78 is 0. The molecule has 1 N–H and O–H groups in total. The molecule has 0 fully saturated rings. The highest BCUT2D eigenvalue weighted by Gasteiger charge is 2.20. The van der Waals surface area contributed by atoms with Crippen LogP contribution in [0.3, 0.4) is 0 Å². The number of carbonyl (C=O) groups is 2. The number of hydrogen-bond donors (Lipinski definition) is 1. The van der Waals surface area contributed by atoms with Crippen LogP contribution in [-0.2, 0) is 9.59 Å². The van der Waals surface area contributed by atoms with Gasteiger partial charge in [-0.15, -0.1) is 0 Å². The van der Waals surface area contributed by atoms with E-state index in [1.54, 1.807) is 11.5 Å². The van der Waals surface area contributed by atoms with Gasteiger partial charge in [0.1, 0.15) is 6.04 Å². The lowest BCUT2D eigenvalue weighted by molar-refractivity contribution is -0.120. The lowest BCUT2D eigenvalue weighted by Gasteiger charge is -2.04. The summed E-state index contributed by atoms with van der Waals surface area (Å²) in [6.07, 6.45) is 2.79. The van der Waals surface area contributed by atoms with E-state index < -0.39 is 6.04 Å². The smallest absolute Gasteiger partial charge is 0.244 e. The third-order valence-electron chi connectivity index (χ3n) is 1.19. The summed E-state index contributed by atoms with van der Waals surface area (Å²) in [6, 6.07) is -0.467. The molecule has 1 amide bonds. The van der Waals surface area contributed by atoms with E-state index in [-0.39, 0.29) is 11.0 Å². The zero-order valence-electron chi connectivity index (χ0n) is 5.74. The molecule has 0 aromatic carbocycles. The summed E-state index contributed by atoms with van der Waals surface area (Å²) in [7, 11) is 0. The van der Waals surface area contributed by atoms with Gasteiger partial charge in [-0.2, -0.15) is 0 Å². The highest BCUT2D eigenvalue weighted by atomic mass is 32.2. The molecule has 1 atom stereocenters. The second kappa shape index (κ2) is 3.39. The minimum absolute atomic E-state index is 0.0554. The molecule has 1 rings (SSSR count). The Morgan fingerprint density at radius 1 is 1.82 bits per heavy atom. The summed E-state index contributed by atoms with van der Waals surface area (Å²) in [5, 5.41) is 4.07. The van der Waals surface area contributed by atoms with Gasteiger partial charge in [-0.1, -0.05) is 18.3 Å². The highest BCUT2D eigenvalue weighted by molar-refractivity contribution is 8.16. The van der Waals surface area contributed by atoms with Crippen molar-refractivity contribution in [3.05, 3.63) is 24.1 Å². The number of nitrogens with one attached hydrogen (secondary N) is 1. The van der Waals surface area contributed by atoms with Crippen molar-refractivity contribution in [2.24, 2.45) is 0 Å². The number of amides is 1. The average Bonchev–Trinajstić information content (AvgIpc) is 2.37. The van der Waals surface area contributed by atoms with Gasteiger partial charge in [0, 0.05) is 0 Å². The Bertz CT molecular complexity index is 235. The fraction of sp³-hybridized carbons (Fsp3) is 0.143. The molecule has 0 saturated heterocycles. The van der Waals surface area contributed by atoms with E-state index in [0.717, 1.165) is 17.8 Å². The van der Waals surface area contributed by atoms with Gasteiger partial charge in [-0.3, -0.25) is 9.59 Å². The first kappa shape index (κ1) is 8.07. The molecule has 0 saturated carbocycles. The molecule has 0 spiro atoms. The number of carbonyl (C=O) groups excluding carboxylic acids is 2. The Balaban J connectivity index is 2.49. The van der Waals surface area contributed by atoms with Crippen molar-refractivity contribution in [2.45, 2.75) is 6.04 Å². The van der Waals surface area contributed by atoms with Gasteiger partial charge in [0.2, 0.25) is 11.0 Å². The molecule has 4 heteroatoms. The Hall–Kier alpha value is -1.03. The predicted octanol–water partition coefficient (Wildman–Crippen LogP) is 0.444. The van der Waals surface area contributed by atoms with Crippen LogP contribution in [-0.4, -0.2) is 17.1 Å². The van der Waals surface area contributed by atoms with E-state index in [1.807, 2.05) is 0 Å². The summed E-state index contributed by atoms with van der Waals surface area (Å²) in [5.41, 5.74) is 0. The fourth-order valence-corrected chi connectivity index (χ4v) is 1.31. The molecule has 1 unspecified atom stereocenters. The first-order valence-corrected chi connectivity index (χ1v) is 3.92. The molecular weight excluding hydrogens is 162 g/mol. The van der Waals surface area contributed by atoms with Gasteiger partial charge >= 0.3 is 0 Å². The first-order valence-electron chi connectivity index (χ1n) is 3.04. The molecular formula is C7H7NO2S. The predicted molar refractivity (Wildman–Crippen MR) is 43.9 cm³/mol. The third kappa shape index (κ3) is 1.94. The second-order valence-corrected chi connectivity index (χ2v) is 2.87. The monoisotopic (exact) mass is 169 g/mol. The van der Waals surface area contributed by atoms with Gasteiger partial charge in [0.15, 0.2) is 0 Å². The number of rotatable bonds is 2. The standard InChI is InChI=1S/C7H7NO2S/c1-2-6(9)8-5-3-4-11-7(5)10/h2-5H,1H2,(H,8,9). The van der Waals surface area contributed by atoms with Crippen molar-refractivity contribution in [3.8, 4) is 0 Å². The Morgan fingerprint density at radius 3 is 3.00 bits per heavy atom. The zero-order chi connectivity index (χ0) is 8.27. The van der Waals surface area contributed by atoms with Crippen LogP contribution in [0.4, 0.5) is 0 Å². The maximum atomic E-state index is 10.9. The first-order chi connectivity index (χ1) is 5.24. The average molecular weight is 169 g/mol. The van der Waals surface area contributed by atoms with Crippen molar-refractivity contribution in [1.29, 1.82) is 0 Å².